The Hall–Kier alpha value is -0.130. The zero-order valence-electron chi connectivity index (χ0n) is 10.7. The van der Waals surface area contributed by atoms with E-state index in [1.165, 1.54) is 6.42 Å². The second-order valence-corrected chi connectivity index (χ2v) is 7.68. The van der Waals surface area contributed by atoms with Crippen molar-refractivity contribution in [2.24, 2.45) is 0 Å². The largest absolute Gasteiger partial charge is 0.317 e. The van der Waals surface area contributed by atoms with Gasteiger partial charge in [-0.2, -0.15) is 0 Å². The summed E-state index contributed by atoms with van der Waals surface area (Å²) in [6.07, 6.45) is 6.98. The lowest BCUT2D eigenvalue weighted by Crippen LogP contribution is -2.52. The van der Waals surface area contributed by atoms with Gasteiger partial charge in [0.2, 0.25) is 10.0 Å². The predicted molar refractivity (Wildman–Crippen MR) is 69.4 cm³/mol. The molecule has 0 aromatic heterocycles. The summed E-state index contributed by atoms with van der Waals surface area (Å²) in [5.41, 5.74) is -0.193. The zero-order valence-corrected chi connectivity index (χ0v) is 11.5. The summed E-state index contributed by atoms with van der Waals surface area (Å²) in [7, 11) is -3.13. The minimum absolute atomic E-state index is 0.192. The lowest BCUT2D eigenvalue weighted by atomic mass is 9.84. The van der Waals surface area contributed by atoms with Crippen LogP contribution in [0.5, 0.6) is 0 Å². The highest BCUT2D eigenvalue weighted by Gasteiger charge is 2.35. The van der Waals surface area contributed by atoms with Crippen LogP contribution in [0.3, 0.4) is 0 Å². The monoisotopic (exact) mass is 260 g/mol. The van der Waals surface area contributed by atoms with Crippen LogP contribution in [0, 0.1) is 0 Å². The maximum atomic E-state index is 12.3. The van der Waals surface area contributed by atoms with E-state index in [-0.39, 0.29) is 10.8 Å². The molecule has 1 saturated carbocycles. The van der Waals surface area contributed by atoms with Gasteiger partial charge >= 0.3 is 0 Å². The fourth-order valence-electron chi connectivity index (χ4n) is 2.97. The molecule has 1 aliphatic heterocycles. The standard InChI is InChI=1S/C12H24N2O2S/c1-12(7-3-2-4-8-12)14-17(15,16)11-5-9-13-10-6-11/h11,13-14H,2-10H2,1H3. The van der Waals surface area contributed by atoms with Gasteiger partial charge in [0.1, 0.15) is 0 Å². The van der Waals surface area contributed by atoms with Crippen molar-refractivity contribution in [1.29, 1.82) is 0 Å². The van der Waals surface area contributed by atoms with Gasteiger partial charge < -0.3 is 5.32 Å². The molecule has 0 radical (unpaired) electrons. The molecule has 1 aliphatic carbocycles. The van der Waals surface area contributed by atoms with Crippen molar-refractivity contribution in [2.45, 2.75) is 62.7 Å². The fraction of sp³-hybridized carbons (Fsp3) is 1.00. The Kier molecular flexibility index (Phi) is 4.10. The Labute approximate surface area is 105 Å². The Bertz CT molecular complexity index is 342. The highest BCUT2D eigenvalue weighted by molar-refractivity contribution is 7.90. The van der Waals surface area contributed by atoms with E-state index in [0.29, 0.717) is 0 Å². The minimum atomic E-state index is -3.13. The smallest absolute Gasteiger partial charge is 0.215 e. The topological polar surface area (TPSA) is 58.2 Å². The van der Waals surface area contributed by atoms with Crippen molar-refractivity contribution in [3.05, 3.63) is 0 Å². The zero-order chi connectivity index (χ0) is 12.4. The Morgan fingerprint density at radius 1 is 1.12 bits per heavy atom. The van der Waals surface area contributed by atoms with E-state index < -0.39 is 10.0 Å². The van der Waals surface area contributed by atoms with Gasteiger partial charge in [-0.25, -0.2) is 13.1 Å². The third-order valence-electron chi connectivity index (χ3n) is 4.07. The first-order valence-electron chi connectivity index (χ1n) is 6.75. The van der Waals surface area contributed by atoms with Gasteiger partial charge in [0.05, 0.1) is 5.25 Å². The van der Waals surface area contributed by atoms with E-state index >= 15 is 0 Å². The molecule has 100 valence electrons. The van der Waals surface area contributed by atoms with Crippen molar-refractivity contribution in [2.75, 3.05) is 13.1 Å². The molecule has 2 aliphatic rings. The number of rotatable bonds is 3. The molecule has 2 N–H and O–H groups in total. The second-order valence-electron chi connectivity index (χ2n) is 5.72. The van der Waals surface area contributed by atoms with Crippen molar-refractivity contribution in [3.8, 4) is 0 Å². The maximum Gasteiger partial charge on any atom is 0.215 e. The average molecular weight is 260 g/mol. The first-order valence-corrected chi connectivity index (χ1v) is 8.30. The molecule has 1 heterocycles. The minimum Gasteiger partial charge on any atom is -0.317 e. The second kappa shape index (κ2) is 5.24. The third kappa shape index (κ3) is 3.42. The van der Waals surface area contributed by atoms with Gasteiger partial charge in [-0.1, -0.05) is 19.3 Å². The Morgan fingerprint density at radius 3 is 2.29 bits per heavy atom. The predicted octanol–water partition coefficient (Wildman–Crippen LogP) is 1.38. The number of hydrogen-bond donors (Lipinski definition) is 2. The molecule has 5 heteroatoms. The first kappa shape index (κ1) is 13.3. The number of nitrogens with one attached hydrogen (secondary N) is 2. The van der Waals surface area contributed by atoms with Crippen LogP contribution < -0.4 is 10.0 Å². The lowest BCUT2D eigenvalue weighted by molar-refractivity contribution is 0.291. The van der Waals surface area contributed by atoms with Crippen LogP contribution in [-0.4, -0.2) is 32.3 Å². The fourth-order valence-corrected chi connectivity index (χ4v) is 4.88. The summed E-state index contributed by atoms with van der Waals surface area (Å²) in [5.74, 6) is 0. The van der Waals surface area contributed by atoms with Crippen LogP contribution in [-0.2, 0) is 10.0 Å². The SMILES string of the molecule is CC1(NS(=O)(=O)C2CCNCC2)CCCCC1. The van der Waals surface area contributed by atoms with Crippen molar-refractivity contribution in [1.82, 2.24) is 10.0 Å². The highest BCUT2D eigenvalue weighted by atomic mass is 32.2. The third-order valence-corrected chi connectivity index (χ3v) is 6.20. The van der Waals surface area contributed by atoms with Gasteiger partial charge in [0.25, 0.3) is 0 Å². The van der Waals surface area contributed by atoms with Crippen LogP contribution in [0.15, 0.2) is 0 Å². The summed E-state index contributed by atoms with van der Waals surface area (Å²) in [5, 5.41) is 3.02. The van der Waals surface area contributed by atoms with Crippen molar-refractivity contribution in [3.63, 3.8) is 0 Å². The summed E-state index contributed by atoms with van der Waals surface area (Å²) < 4.78 is 27.6. The Balaban J connectivity index is 2.00. The van der Waals surface area contributed by atoms with Gasteiger partial charge in [0.15, 0.2) is 0 Å². The number of hydrogen-bond acceptors (Lipinski definition) is 3. The molecule has 17 heavy (non-hydrogen) atoms. The molecule has 0 aromatic carbocycles. The van der Waals surface area contributed by atoms with E-state index in [1.54, 1.807) is 0 Å². The van der Waals surface area contributed by atoms with Gasteiger partial charge in [-0.15, -0.1) is 0 Å². The van der Waals surface area contributed by atoms with Crippen molar-refractivity contribution < 1.29 is 8.42 Å². The van der Waals surface area contributed by atoms with Crippen molar-refractivity contribution >= 4 is 10.0 Å². The van der Waals surface area contributed by atoms with Gasteiger partial charge in [-0.05, 0) is 45.7 Å². The van der Waals surface area contributed by atoms with Crippen LogP contribution in [0.4, 0.5) is 0 Å². The molecule has 2 rings (SSSR count). The molecular weight excluding hydrogens is 236 g/mol. The normalized spacial score (nSPS) is 26.9. The van der Waals surface area contributed by atoms with E-state index in [9.17, 15) is 8.42 Å². The van der Waals surface area contributed by atoms with Gasteiger partial charge in [0, 0.05) is 5.54 Å². The number of sulfonamides is 1. The maximum absolute atomic E-state index is 12.3. The molecule has 0 bridgehead atoms. The molecule has 0 atom stereocenters. The number of piperidine rings is 1. The van der Waals surface area contributed by atoms with Crippen LogP contribution in [0.1, 0.15) is 51.9 Å². The average Bonchev–Trinajstić information content (AvgIpc) is 2.30. The molecular formula is C12H24N2O2S. The van der Waals surface area contributed by atoms with Gasteiger partial charge in [-0.3, -0.25) is 0 Å². The first-order chi connectivity index (χ1) is 8.02. The molecule has 4 nitrogen and oxygen atoms in total. The van der Waals surface area contributed by atoms with Crippen LogP contribution >= 0.6 is 0 Å². The summed E-state index contributed by atoms with van der Waals surface area (Å²) in [6.45, 7) is 3.70. The van der Waals surface area contributed by atoms with E-state index in [1.807, 2.05) is 0 Å². The summed E-state index contributed by atoms with van der Waals surface area (Å²) in [4.78, 5) is 0. The summed E-state index contributed by atoms with van der Waals surface area (Å²) in [6, 6.07) is 0. The summed E-state index contributed by atoms with van der Waals surface area (Å²) >= 11 is 0. The molecule has 0 spiro atoms. The molecule has 2 fully saturated rings. The molecule has 0 aromatic rings. The Morgan fingerprint density at radius 2 is 1.71 bits per heavy atom. The highest BCUT2D eigenvalue weighted by Crippen LogP contribution is 2.29. The molecule has 1 saturated heterocycles. The lowest BCUT2D eigenvalue weighted by Gasteiger charge is -2.36. The molecule has 0 unspecified atom stereocenters. The quantitative estimate of drug-likeness (QED) is 0.806. The van der Waals surface area contributed by atoms with Crippen LogP contribution in [0.2, 0.25) is 0 Å². The van der Waals surface area contributed by atoms with E-state index in [2.05, 4.69) is 17.0 Å². The van der Waals surface area contributed by atoms with Crippen LogP contribution in [0.25, 0.3) is 0 Å². The molecule has 0 amide bonds. The van der Waals surface area contributed by atoms with E-state index in [0.717, 1.165) is 51.6 Å². The van der Waals surface area contributed by atoms with E-state index in [4.69, 9.17) is 0 Å².